The summed E-state index contributed by atoms with van der Waals surface area (Å²) in [5.41, 5.74) is 0.570. The maximum atomic E-state index is 12.8. The molecule has 2 unspecified atom stereocenters. The average Bonchev–Trinajstić information content (AvgIpc) is 2.68. The lowest BCUT2D eigenvalue weighted by Crippen LogP contribution is -2.46. The third kappa shape index (κ3) is 9.73. The molecule has 1 aliphatic heterocycles. The Hall–Kier alpha value is -1.40. The van der Waals surface area contributed by atoms with Gasteiger partial charge in [0.05, 0.1) is 18.8 Å². The number of rotatable bonds is 10. The maximum absolute atomic E-state index is 12.8. The van der Waals surface area contributed by atoms with Crippen molar-refractivity contribution >= 4 is 29.9 Å². The van der Waals surface area contributed by atoms with Crippen LogP contribution in [0.25, 0.3) is 0 Å². The largest absolute Gasteiger partial charge is 0.490 e. The predicted molar refractivity (Wildman–Crippen MR) is 129 cm³/mol. The summed E-state index contributed by atoms with van der Waals surface area (Å²) in [6.07, 6.45) is 1.47. The van der Waals surface area contributed by atoms with E-state index in [2.05, 4.69) is 34.4 Å². The van der Waals surface area contributed by atoms with Gasteiger partial charge in [0.1, 0.15) is 0 Å². The number of aliphatic imine (C=N–C) groups is 1. The van der Waals surface area contributed by atoms with E-state index in [1.54, 1.807) is 32.2 Å². The average molecular weight is 556 g/mol. The summed E-state index contributed by atoms with van der Waals surface area (Å²) in [6, 6.07) is 5.09. The molecule has 0 aliphatic carbocycles. The smallest absolute Gasteiger partial charge is 0.387 e. The van der Waals surface area contributed by atoms with Gasteiger partial charge in [0.25, 0.3) is 0 Å². The molecule has 0 bridgehead atoms. The van der Waals surface area contributed by atoms with Crippen LogP contribution in [0.1, 0.15) is 32.8 Å². The number of para-hydroxylation sites is 1. The van der Waals surface area contributed by atoms with Crippen LogP contribution in [0.4, 0.5) is 8.78 Å². The minimum Gasteiger partial charge on any atom is -0.490 e. The van der Waals surface area contributed by atoms with E-state index < -0.39 is 6.61 Å². The van der Waals surface area contributed by atoms with Crippen LogP contribution < -0.4 is 20.1 Å². The van der Waals surface area contributed by atoms with E-state index >= 15 is 0 Å². The molecule has 178 valence electrons. The number of halogens is 3. The Kier molecular flexibility index (Phi) is 13.0. The van der Waals surface area contributed by atoms with Crippen LogP contribution in [0.3, 0.4) is 0 Å². The molecular formula is C21H35F2IN4O3. The van der Waals surface area contributed by atoms with Crippen molar-refractivity contribution in [2.75, 3.05) is 39.8 Å². The van der Waals surface area contributed by atoms with Gasteiger partial charge in [-0.1, -0.05) is 12.1 Å². The Morgan fingerprint density at radius 3 is 2.58 bits per heavy atom. The zero-order valence-electron chi connectivity index (χ0n) is 18.7. The van der Waals surface area contributed by atoms with E-state index in [9.17, 15) is 8.78 Å². The van der Waals surface area contributed by atoms with Crippen molar-refractivity contribution in [3.8, 4) is 11.5 Å². The molecular weight excluding hydrogens is 521 g/mol. The Morgan fingerprint density at radius 2 is 1.97 bits per heavy atom. The molecule has 1 aliphatic rings. The quantitative estimate of drug-likeness (QED) is 0.199. The SMILES string of the molecule is CCOc1cccc(CNC(=NC)NCCCN2CC(C)OC(C)C2)c1OC(F)F.I. The van der Waals surface area contributed by atoms with Crippen molar-refractivity contribution in [3.63, 3.8) is 0 Å². The summed E-state index contributed by atoms with van der Waals surface area (Å²) >= 11 is 0. The summed E-state index contributed by atoms with van der Waals surface area (Å²) in [5, 5.41) is 6.41. The fourth-order valence-corrected chi connectivity index (χ4v) is 3.57. The van der Waals surface area contributed by atoms with E-state index in [1.165, 1.54) is 0 Å². The van der Waals surface area contributed by atoms with Crippen LogP contribution in [-0.2, 0) is 11.3 Å². The molecule has 31 heavy (non-hydrogen) atoms. The second kappa shape index (κ2) is 14.6. The highest BCUT2D eigenvalue weighted by Crippen LogP contribution is 2.32. The number of alkyl halides is 2. The standard InChI is InChI=1S/C21H34F2N4O3.HI/c1-5-28-18-9-6-8-17(19(18)30-20(22)23)12-26-21(24-4)25-10-7-11-27-13-15(2)29-16(3)14-27;/h6,8-9,15-16,20H,5,7,10-14H2,1-4H3,(H2,24,25,26);1H. The normalized spacial score (nSPS) is 19.6. The molecule has 0 radical (unpaired) electrons. The first-order valence-corrected chi connectivity index (χ1v) is 10.4. The van der Waals surface area contributed by atoms with Gasteiger partial charge in [0.2, 0.25) is 0 Å². The maximum Gasteiger partial charge on any atom is 0.387 e. The summed E-state index contributed by atoms with van der Waals surface area (Å²) in [7, 11) is 1.67. The van der Waals surface area contributed by atoms with Gasteiger partial charge < -0.3 is 24.8 Å². The molecule has 1 aromatic carbocycles. The molecule has 2 rings (SSSR count). The molecule has 0 spiro atoms. The van der Waals surface area contributed by atoms with Crippen LogP contribution in [0.15, 0.2) is 23.2 Å². The number of benzene rings is 1. The van der Waals surface area contributed by atoms with Crippen molar-refractivity contribution in [2.45, 2.75) is 52.6 Å². The molecule has 1 saturated heterocycles. The Labute approximate surface area is 200 Å². The van der Waals surface area contributed by atoms with Crippen LogP contribution in [-0.4, -0.2) is 69.5 Å². The van der Waals surface area contributed by atoms with E-state index in [4.69, 9.17) is 14.2 Å². The second-order valence-electron chi connectivity index (χ2n) is 7.28. The van der Waals surface area contributed by atoms with Crippen molar-refractivity contribution in [2.24, 2.45) is 4.99 Å². The monoisotopic (exact) mass is 556 g/mol. The van der Waals surface area contributed by atoms with Crippen molar-refractivity contribution in [1.82, 2.24) is 15.5 Å². The molecule has 0 aromatic heterocycles. The minimum absolute atomic E-state index is 0. The first kappa shape index (κ1) is 27.6. The number of guanidine groups is 1. The highest BCUT2D eigenvalue weighted by atomic mass is 127. The van der Waals surface area contributed by atoms with Gasteiger partial charge in [-0.25, -0.2) is 0 Å². The summed E-state index contributed by atoms with van der Waals surface area (Å²) < 4.78 is 41.6. The molecule has 0 amide bonds. The van der Waals surface area contributed by atoms with Gasteiger partial charge in [-0.15, -0.1) is 24.0 Å². The first-order chi connectivity index (χ1) is 14.4. The van der Waals surface area contributed by atoms with Gasteiger partial charge in [-0.05, 0) is 33.3 Å². The summed E-state index contributed by atoms with van der Waals surface area (Å²) in [4.78, 5) is 6.61. The van der Waals surface area contributed by atoms with Gasteiger partial charge in [0.15, 0.2) is 17.5 Å². The van der Waals surface area contributed by atoms with Crippen LogP contribution in [0, 0.1) is 0 Å². The van der Waals surface area contributed by atoms with Crippen LogP contribution in [0.5, 0.6) is 11.5 Å². The summed E-state index contributed by atoms with van der Waals surface area (Å²) in [6.45, 7) is 7.32. The molecule has 2 atom stereocenters. The number of nitrogens with one attached hydrogen (secondary N) is 2. The molecule has 0 saturated carbocycles. The highest BCUT2D eigenvalue weighted by Gasteiger charge is 2.21. The van der Waals surface area contributed by atoms with Crippen molar-refractivity contribution in [3.05, 3.63) is 23.8 Å². The number of nitrogens with zero attached hydrogens (tertiary/aromatic N) is 2. The third-order valence-corrected chi connectivity index (χ3v) is 4.68. The third-order valence-electron chi connectivity index (χ3n) is 4.68. The lowest BCUT2D eigenvalue weighted by molar-refractivity contribution is -0.0679. The molecule has 1 heterocycles. The summed E-state index contributed by atoms with van der Waals surface area (Å²) in [5.74, 6) is 0.949. The molecule has 10 heteroatoms. The van der Waals surface area contributed by atoms with E-state index in [0.29, 0.717) is 23.9 Å². The highest BCUT2D eigenvalue weighted by molar-refractivity contribution is 14.0. The van der Waals surface area contributed by atoms with Crippen molar-refractivity contribution < 1.29 is 23.0 Å². The minimum atomic E-state index is -2.92. The van der Waals surface area contributed by atoms with Gasteiger partial charge in [-0.3, -0.25) is 9.89 Å². The number of morpholine rings is 1. The van der Waals surface area contributed by atoms with Gasteiger partial charge in [-0.2, -0.15) is 8.78 Å². The fourth-order valence-electron chi connectivity index (χ4n) is 3.57. The van der Waals surface area contributed by atoms with E-state index in [-0.39, 0.29) is 48.5 Å². The van der Waals surface area contributed by atoms with E-state index in [1.807, 2.05) is 0 Å². The molecule has 2 N–H and O–H groups in total. The van der Waals surface area contributed by atoms with Crippen LogP contribution in [0.2, 0.25) is 0 Å². The predicted octanol–water partition coefficient (Wildman–Crippen LogP) is 3.47. The Morgan fingerprint density at radius 1 is 1.26 bits per heavy atom. The number of hydrogen-bond acceptors (Lipinski definition) is 5. The lowest BCUT2D eigenvalue weighted by atomic mass is 10.2. The van der Waals surface area contributed by atoms with E-state index in [0.717, 1.165) is 32.6 Å². The van der Waals surface area contributed by atoms with Crippen LogP contribution >= 0.6 is 24.0 Å². The molecule has 1 fully saturated rings. The molecule has 1 aromatic rings. The zero-order valence-corrected chi connectivity index (χ0v) is 21.0. The number of ether oxygens (including phenoxy) is 3. The Balaban J connectivity index is 0.00000480. The molecule has 7 nitrogen and oxygen atoms in total. The Bertz CT molecular complexity index is 672. The zero-order chi connectivity index (χ0) is 21.9. The van der Waals surface area contributed by atoms with Gasteiger partial charge in [0, 0.05) is 45.3 Å². The van der Waals surface area contributed by atoms with Gasteiger partial charge >= 0.3 is 6.61 Å². The lowest BCUT2D eigenvalue weighted by Gasteiger charge is -2.35. The number of hydrogen-bond donors (Lipinski definition) is 2. The topological polar surface area (TPSA) is 67.4 Å². The van der Waals surface area contributed by atoms with Crippen molar-refractivity contribution in [1.29, 1.82) is 0 Å². The fraction of sp³-hybridized carbons (Fsp3) is 0.667. The second-order valence-corrected chi connectivity index (χ2v) is 7.28. The first-order valence-electron chi connectivity index (χ1n) is 10.4.